The zero-order chi connectivity index (χ0) is 16.2. The minimum Gasteiger partial charge on any atom is -0.453 e. The largest absolute Gasteiger partial charge is 0.453 e. The Morgan fingerprint density at radius 3 is 2.36 bits per heavy atom. The molecule has 0 aromatic rings. The summed E-state index contributed by atoms with van der Waals surface area (Å²) < 4.78 is 4.50. The lowest BCUT2D eigenvalue weighted by Gasteiger charge is -2.40. The van der Waals surface area contributed by atoms with Crippen molar-refractivity contribution < 1.29 is 19.4 Å². The van der Waals surface area contributed by atoms with Crippen molar-refractivity contribution in [1.29, 1.82) is 0 Å². The van der Waals surface area contributed by atoms with E-state index < -0.39 is 17.7 Å². The summed E-state index contributed by atoms with van der Waals surface area (Å²) in [5.41, 5.74) is -0.694. The second kappa shape index (κ2) is 7.28. The van der Waals surface area contributed by atoms with Crippen LogP contribution in [-0.2, 0) is 9.53 Å². The molecule has 1 atom stereocenters. The molecular formula is C15H27N3O4. The minimum absolute atomic E-state index is 0.131. The van der Waals surface area contributed by atoms with Gasteiger partial charge in [0, 0.05) is 19.6 Å². The van der Waals surface area contributed by atoms with Crippen LogP contribution < -0.4 is 5.32 Å². The Bertz CT molecular complexity index is 402. The number of hydrogen-bond donors (Lipinski definition) is 2. The average Bonchev–Trinajstić information content (AvgIpc) is 2.99. The van der Waals surface area contributed by atoms with Crippen LogP contribution in [0.4, 0.5) is 4.79 Å². The zero-order valence-electron chi connectivity index (χ0n) is 13.5. The van der Waals surface area contributed by atoms with Crippen molar-refractivity contribution in [3.63, 3.8) is 0 Å². The molecule has 0 bridgehead atoms. The summed E-state index contributed by atoms with van der Waals surface area (Å²) in [7, 11) is 1.27. The first-order valence-electron chi connectivity index (χ1n) is 8.01. The maximum absolute atomic E-state index is 12.3. The number of nitrogens with zero attached hydrogens (tertiary/aromatic N) is 2. The quantitative estimate of drug-likeness (QED) is 0.774. The van der Waals surface area contributed by atoms with Gasteiger partial charge in [-0.2, -0.15) is 0 Å². The fraction of sp³-hybridized carbons (Fsp3) is 0.867. The Morgan fingerprint density at radius 1 is 1.23 bits per heavy atom. The molecule has 2 rings (SSSR count). The maximum Gasteiger partial charge on any atom is 0.407 e. The van der Waals surface area contributed by atoms with Crippen molar-refractivity contribution in [3.8, 4) is 0 Å². The number of piperidine rings is 1. The fourth-order valence-corrected chi connectivity index (χ4v) is 3.23. The first kappa shape index (κ1) is 17.0. The Kier molecular flexibility index (Phi) is 5.63. The number of ether oxygens (including phenoxy) is 1. The number of rotatable bonds is 4. The molecule has 7 nitrogen and oxygen atoms in total. The van der Waals surface area contributed by atoms with Crippen LogP contribution in [-0.4, -0.2) is 78.4 Å². The van der Waals surface area contributed by atoms with E-state index in [0.717, 1.165) is 13.1 Å². The smallest absolute Gasteiger partial charge is 0.407 e. The molecule has 0 aromatic heterocycles. The van der Waals surface area contributed by atoms with Gasteiger partial charge < -0.3 is 25.0 Å². The maximum atomic E-state index is 12.3. The zero-order valence-corrected chi connectivity index (χ0v) is 13.5. The van der Waals surface area contributed by atoms with Crippen LogP contribution in [0.1, 0.15) is 32.6 Å². The Balaban J connectivity index is 1.80. The highest BCUT2D eigenvalue weighted by Gasteiger charge is 2.36. The van der Waals surface area contributed by atoms with Gasteiger partial charge in [-0.05, 0) is 45.7 Å². The normalized spacial score (nSPS) is 23.1. The van der Waals surface area contributed by atoms with Crippen molar-refractivity contribution in [3.05, 3.63) is 0 Å². The van der Waals surface area contributed by atoms with Crippen molar-refractivity contribution >= 4 is 12.0 Å². The van der Waals surface area contributed by atoms with Crippen molar-refractivity contribution in [2.45, 2.75) is 44.2 Å². The number of aliphatic hydroxyl groups is 1. The summed E-state index contributed by atoms with van der Waals surface area (Å²) >= 11 is 0. The van der Waals surface area contributed by atoms with Gasteiger partial charge in [0.15, 0.2) is 0 Å². The molecule has 7 heteroatoms. The Labute approximate surface area is 131 Å². The van der Waals surface area contributed by atoms with E-state index in [9.17, 15) is 14.7 Å². The number of carbonyl (C=O) groups is 2. The highest BCUT2D eigenvalue weighted by Crippen LogP contribution is 2.25. The number of methoxy groups -OCH3 is 1. The van der Waals surface area contributed by atoms with Gasteiger partial charge in [0.2, 0.25) is 5.91 Å². The van der Waals surface area contributed by atoms with E-state index >= 15 is 0 Å². The van der Waals surface area contributed by atoms with E-state index in [0.29, 0.717) is 32.5 Å². The standard InChI is InChI=1S/C15H27N3O4/c1-12(16-14(20)22-2)13(19)18-9-5-15(21,6-10-18)11-17-7-3-4-8-17/h12,21H,3-11H2,1-2H3,(H,16,20)/t12-/m0/s1. The highest BCUT2D eigenvalue weighted by molar-refractivity contribution is 5.85. The summed E-state index contributed by atoms with van der Waals surface area (Å²) in [5, 5.41) is 13.2. The van der Waals surface area contributed by atoms with Crippen LogP contribution in [0.3, 0.4) is 0 Å². The lowest BCUT2D eigenvalue weighted by atomic mass is 9.90. The lowest BCUT2D eigenvalue weighted by Crippen LogP contribution is -2.55. The second-order valence-electron chi connectivity index (χ2n) is 6.39. The number of likely N-dealkylation sites (tertiary alicyclic amines) is 2. The second-order valence-corrected chi connectivity index (χ2v) is 6.39. The van der Waals surface area contributed by atoms with Gasteiger partial charge in [-0.3, -0.25) is 4.79 Å². The molecule has 0 unspecified atom stereocenters. The molecular weight excluding hydrogens is 286 g/mol. The first-order valence-corrected chi connectivity index (χ1v) is 8.01. The van der Waals surface area contributed by atoms with Crippen LogP contribution in [0.25, 0.3) is 0 Å². The predicted molar refractivity (Wildman–Crippen MR) is 81.4 cm³/mol. The average molecular weight is 313 g/mol. The van der Waals surface area contributed by atoms with Gasteiger partial charge in [-0.1, -0.05) is 0 Å². The number of carbonyl (C=O) groups excluding carboxylic acids is 2. The van der Waals surface area contributed by atoms with Gasteiger partial charge in [0.1, 0.15) is 6.04 Å². The summed E-state index contributed by atoms with van der Waals surface area (Å²) in [6, 6.07) is -0.614. The lowest BCUT2D eigenvalue weighted by molar-refractivity contribution is -0.137. The molecule has 0 spiro atoms. The molecule has 2 aliphatic heterocycles. The third-order valence-electron chi connectivity index (χ3n) is 4.61. The van der Waals surface area contributed by atoms with Gasteiger partial charge in [0.25, 0.3) is 0 Å². The molecule has 0 aliphatic carbocycles. The Morgan fingerprint density at radius 2 is 1.82 bits per heavy atom. The van der Waals surface area contributed by atoms with E-state index in [2.05, 4.69) is 15.0 Å². The number of alkyl carbamates (subject to hydrolysis) is 1. The summed E-state index contributed by atoms with van der Waals surface area (Å²) in [6.45, 7) is 5.51. The molecule has 2 amide bonds. The molecule has 126 valence electrons. The molecule has 2 heterocycles. The third kappa shape index (κ3) is 4.33. The van der Waals surface area contributed by atoms with Gasteiger partial charge in [-0.15, -0.1) is 0 Å². The van der Waals surface area contributed by atoms with Crippen LogP contribution in [0.15, 0.2) is 0 Å². The van der Waals surface area contributed by atoms with Crippen molar-refractivity contribution in [2.24, 2.45) is 0 Å². The van der Waals surface area contributed by atoms with Gasteiger partial charge in [0.05, 0.1) is 12.7 Å². The molecule has 2 saturated heterocycles. The Hall–Kier alpha value is -1.34. The third-order valence-corrected chi connectivity index (χ3v) is 4.61. The molecule has 2 N–H and O–H groups in total. The molecule has 2 aliphatic rings. The molecule has 22 heavy (non-hydrogen) atoms. The van der Waals surface area contributed by atoms with E-state index in [-0.39, 0.29) is 5.91 Å². The summed E-state index contributed by atoms with van der Waals surface area (Å²) in [6.07, 6.45) is 2.97. The molecule has 0 aromatic carbocycles. The van der Waals surface area contributed by atoms with Crippen LogP contribution >= 0.6 is 0 Å². The van der Waals surface area contributed by atoms with E-state index in [1.165, 1.54) is 20.0 Å². The molecule has 2 fully saturated rings. The highest BCUT2D eigenvalue weighted by atomic mass is 16.5. The minimum atomic E-state index is -0.694. The first-order chi connectivity index (χ1) is 10.4. The van der Waals surface area contributed by atoms with Crippen LogP contribution in [0.5, 0.6) is 0 Å². The van der Waals surface area contributed by atoms with Crippen LogP contribution in [0.2, 0.25) is 0 Å². The van der Waals surface area contributed by atoms with E-state index in [1.807, 2.05) is 0 Å². The van der Waals surface area contributed by atoms with Gasteiger partial charge in [-0.25, -0.2) is 4.79 Å². The number of hydrogen-bond acceptors (Lipinski definition) is 5. The predicted octanol–water partition coefficient (Wildman–Crippen LogP) is 0.180. The molecule has 0 radical (unpaired) electrons. The van der Waals surface area contributed by atoms with Gasteiger partial charge >= 0.3 is 6.09 Å². The number of amides is 2. The van der Waals surface area contributed by atoms with Crippen molar-refractivity contribution in [2.75, 3.05) is 39.8 Å². The summed E-state index contributed by atoms with van der Waals surface area (Å²) in [5.74, 6) is -0.131. The van der Waals surface area contributed by atoms with E-state index in [1.54, 1.807) is 11.8 Å². The van der Waals surface area contributed by atoms with Crippen molar-refractivity contribution in [1.82, 2.24) is 15.1 Å². The topological polar surface area (TPSA) is 82.1 Å². The van der Waals surface area contributed by atoms with Crippen LogP contribution in [0, 0.1) is 0 Å². The monoisotopic (exact) mass is 313 g/mol. The molecule has 0 saturated carbocycles. The SMILES string of the molecule is COC(=O)N[C@@H](C)C(=O)N1CCC(O)(CN2CCCC2)CC1. The number of nitrogens with one attached hydrogen (secondary N) is 1. The number of β-amino-alcohol motifs (C(OH)–C–C–N with tert-alkyl or cyclic N) is 1. The summed E-state index contributed by atoms with van der Waals surface area (Å²) in [4.78, 5) is 27.4. The fourth-order valence-electron chi connectivity index (χ4n) is 3.23. The van der Waals surface area contributed by atoms with E-state index in [4.69, 9.17) is 0 Å².